The van der Waals surface area contributed by atoms with Crippen molar-refractivity contribution in [3.05, 3.63) is 52.4 Å². The number of aromatic nitrogens is 3. The van der Waals surface area contributed by atoms with Gasteiger partial charge in [0.2, 0.25) is 0 Å². The highest BCUT2D eigenvalue weighted by atomic mass is 35.5. The van der Waals surface area contributed by atoms with Crippen molar-refractivity contribution in [2.75, 3.05) is 31.4 Å². The van der Waals surface area contributed by atoms with Crippen LogP contribution in [0, 0.1) is 0 Å². The molecule has 1 amide bonds. The molecule has 0 radical (unpaired) electrons. The van der Waals surface area contributed by atoms with Gasteiger partial charge in [0.05, 0.1) is 23.2 Å². The van der Waals surface area contributed by atoms with Crippen LogP contribution in [0.25, 0.3) is 11.2 Å². The SMILES string of the molecule is C/N=C(/c1cnc2[nH]cc(C(=O)N[C@H](C)CS(C)(=O)=O)c2n1)c1ccc(Cl)cc1NC. The number of nitrogens with one attached hydrogen (secondary N) is 3. The minimum atomic E-state index is -3.22. The van der Waals surface area contributed by atoms with Crippen LogP contribution in [0.5, 0.6) is 0 Å². The van der Waals surface area contributed by atoms with Crippen molar-refractivity contribution in [3.63, 3.8) is 0 Å². The number of amides is 1. The molecule has 3 N–H and O–H groups in total. The Morgan fingerprint density at radius 2 is 2.06 bits per heavy atom. The molecule has 1 atom stereocenters. The van der Waals surface area contributed by atoms with E-state index in [2.05, 4.69) is 30.6 Å². The molecule has 0 bridgehead atoms. The predicted molar refractivity (Wildman–Crippen MR) is 123 cm³/mol. The standard InChI is InChI=1S/C20H23ClN6O3S/c1-11(10-31(4,29)30)26-20(28)14-8-24-19-18(14)27-16(9-25-19)17(23-3)13-6-5-12(21)7-15(13)22-2/h5-9,11,22H,10H2,1-4H3,(H,24,25)(H,26,28)/b23-17+/t11-/m1/s1. The van der Waals surface area contributed by atoms with Crippen LogP contribution < -0.4 is 10.6 Å². The van der Waals surface area contributed by atoms with E-state index in [-0.39, 0.29) is 11.3 Å². The van der Waals surface area contributed by atoms with E-state index < -0.39 is 21.8 Å². The normalized spacial score (nSPS) is 13.3. The van der Waals surface area contributed by atoms with Crippen molar-refractivity contribution >= 4 is 49.9 Å². The van der Waals surface area contributed by atoms with Gasteiger partial charge < -0.3 is 15.6 Å². The van der Waals surface area contributed by atoms with E-state index in [0.717, 1.165) is 17.5 Å². The average Bonchev–Trinajstić information content (AvgIpc) is 3.11. The Hall–Kier alpha value is -2.98. The van der Waals surface area contributed by atoms with Crippen molar-refractivity contribution in [1.29, 1.82) is 0 Å². The summed E-state index contributed by atoms with van der Waals surface area (Å²) < 4.78 is 23.0. The minimum absolute atomic E-state index is 0.159. The van der Waals surface area contributed by atoms with Gasteiger partial charge in [0.15, 0.2) is 5.65 Å². The molecule has 3 rings (SSSR count). The van der Waals surface area contributed by atoms with E-state index in [1.54, 1.807) is 39.3 Å². The number of aromatic amines is 1. The van der Waals surface area contributed by atoms with Crippen LogP contribution in [0.1, 0.15) is 28.5 Å². The highest BCUT2D eigenvalue weighted by molar-refractivity contribution is 7.90. The number of fused-ring (bicyclic) bond motifs is 1. The highest BCUT2D eigenvalue weighted by Crippen LogP contribution is 2.24. The topological polar surface area (TPSA) is 129 Å². The second-order valence-electron chi connectivity index (χ2n) is 7.13. The lowest BCUT2D eigenvalue weighted by Crippen LogP contribution is -2.37. The van der Waals surface area contributed by atoms with Crippen LogP contribution in [-0.2, 0) is 9.84 Å². The number of hydrogen-bond donors (Lipinski definition) is 3. The molecule has 3 aromatic rings. The minimum Gasteiger partial charge on any atom is -0.388 e. The maximum Gasteiger partial charge on any atom is 0.255 e. The molecule has 0 spiro atoms. The van der Waals surface area contributed by atoms with Crippen LogP contribution >= 0.6 is 11.6 Å². The number of carbonyl (C=O) groups is 1. The van der Waals surface area contributed by atoms with Crippen LogP contribution in [0.15, 0.2) is 35.6 Å². The van der Waals surface area contributed by atoms with E-state index >= 15 is 0 Å². The van der Waals surface area contributed by atoms with E-state index in [0.29, 0.717) is 27.6 Å². The maximum absolute atomic E-state index is 12.7. The lowest BCUT2D eigenvalue weighted by atomic mass is 10.0. The molecular weight excluding hydrogens is 440 g/mol. The number of sulfone groups is 1. The summed E-state index contributed by atoms with van der Waals surface area (Å²) in [6.45, 7) is 1.63. The average molecular weight is 463 g/mol. The third-order valence-electron chi connectivity index (χ3n) is 4.53. The number of H-pyrrole nitrogens is 1. The Labute approximate surface area is 185 Å². The Morgan fingerprint density at radius 1 is 1.32 bits per heavy atom. The number of benzene rings is 1. The molecule has 0 saturated carbocycles. The van der Waals surface area contributed by atoms with Gasteiger partial charge in [0.1, 0.15) is 21.0 Å². The van der Waals surface area contributed by atoms with Gasteiger partial charge in [-0.15, -0.1) is 0 Å². The summed E-state index contributed by atoms with van der Waals surface area (Å²) in [5.74, 6) is -0.597. The van der Waals surface area contributed by atoms with Crippen molar-refractivity contribution < 1.29 is 13.2 Å². The van der Waals surface area contributed by atoms with Gasteiger partial charge in [-0.1, -0.05) is 11.6 Å². The molecule has 0 fully saturated rings. The van der Waals surface area contributed by atoms with Crippen LogP contribution in [0.2, 0.25) is 5.02 Å². The van der Waals surface area contributed by atoms with E-state index in [9.17, 15) is 13.2 Å². The smallest absolute Gasteiger partial charge is 0.255 e. The first-order valence-corrected chi connectivity index (χ1v) is 11.8. The Morgan fingerprint density at radius 3 is 2.71 bits per heavy atom. The predicted octanol–water partition coefficient (Wildman–Crippen LogP) is 2.28. The molecular formula is C20H23ClN6O3S. The number of carbonyl (C=O) groups excluding carboxylic acids is 1. The maximum atomic E-state index is 12.7. The highest BCUT2D eigenvalue weighted by Gasteiger charge is 2.20. The fraction of sp³-hybridized carbons (Fsp3) is 0.300. The third-order valence-corrected chi connectivity index (χ3v) is 5.87. The Balaban J connectivity index is 1.98. The first-order valence-electron chi connectivity index (χ1n) is 9.40. The molecule has 1 aromatic carbocycles. The molecule has 2 heterocycles. The first kappa shape index (κ1) is 22.7. The summed E-state index contributed by atoms with van der Waals surface area (Å²) in [4.78, 5) is 29.0. The quantitative estimate of drug-likeness (QED) is 0.462. The number of hydrogen-bond acceptors (Lipinski definition) is 7. The monoisotopic (exact) mass is 462 g/mol. The van der Waals surface area contributed by atoms with E-state index in [1.807, 2.05) is 6.07 Å². The molecule has 9 nitrogen and oxygen atoms in total. The number of anilines is 1. The van der Waals surface area contributed by atoms with Crippen LogP contribution in [-0.4, -0.2) is 67.1 Å². The van der Waals surface area contributed by atoms with Gasteiger partial charge in [0, 0.05) is 48.9 Å². The zero-order valence-electron chi connectivity index (χ0n) is 17.5. The molecule has 0 saturated heterocycles. The summed E-state index contributed by atoms with van der Waals surface area (Å²) in [6, 6.07) is 4.82. The number of aliphatic imine (C=N–C) groups is 1. The zero-order valence-corrected chi connectivity index (χ0v) is 19.1. The van der Waals surface area contributed by atoms with Gasteiger partial charge in [0.25, 0.3) is 5.91 Å². The Kier molecular flexibility index (Phi) is 6.61. The van der Waals surface area contributed by atoms with E-state index in [4.69, 9.17) is 11.6 Å². The van der Waals surface area contributed by atoms with Crippen molar-refractivity contribution in [1.82, 2.24) is 20.3 Å². The van der Waals surface area contributed by atoms with E-state index in [1.165, 1.54) is 6.20 Å². The molecule has 0 unspecified atom stereocenters. The van der Waals surface area contributed by atoms with Gasteiger partial charge >= 0.3 is 0 Å². The molecule has 31 heavy (non-hydrogen) atoms. The van der Waals surface area contributed by atoms with Gasteiger partial charge in [-0.3, -0.25) is 9.79 Å². The summed E-state index contributed by atoms with van der Waals surface area (Å²) in [7, 11) is 0.203. The third kappa shape index (κ3) is 5.20. The van der Waals surface area contributed by atoms with Gasteiger partial charge in [-0.05, 0) is 25.1 Å². The summed E-state index contributed by atoms with van der Waals surface area (Å²) >= 11 is 6.10. The fourth-order valence-electron chi connectivity index (χ4n) is 3.28. The van der Waals surface area contributed by atoms with Crippen molar-refractivity contribution in [2.45, 2.75) is 13.0 Å². The zero-order chi connectivity index (χ0) is 22.8. The van der Waals surface area contributed by atoms with Gasteiger partial charge in [-0.2, -0.15) is 0 Å². The van der Waals surface area contributed by atoms with Crippen molar-refractivity contribution in [3.8, 4) is 0 Å². The van der Waals surface area contributed by atoms with Crippen LogP contribution in [0.4, 0.5) is 5.69 Å². The second-order valence-corrected chi connectivity index (χ2v) is 9.76. The Bertz CT molecular complexity index is 1270. The fourth-order valence-corrected chi connectivity index (χ4v) is 4.44. The summed E-state index contributed by atoms with van der Waals surface area (Å²) in [6.07, 6.45) is 4.20. The van der Waals surface area contributed by atoms with Crippen LogP contribution in [0.3, 0.4) is 0 Å². The number of rotatable bonds is 7. The van der Waals surface area contributed by atoms with Crippen molar-refractivity contribution in [2.24, 2.45) is 4.99 Å². The lowest BCUT2D eigenvalue weighted by Gasteiger charge is -2.13. The number of halogens is 1. The summed E-state index contributed by atoms with van der Waals surface area (Å²) in [5.41, 5.74) is 3.68. The molecule has 164 valence electrons. The lowest BCUT2D eigenvalue weighted by molar-refractivity contribution is 0.0945. The molecule has 2 aromatic heterocycles. The molecule has 0 aliphatic rings. The first-order chi connectivity index (χ1) is 14.6. The van der Waals surface area contributed by atoms with Gasteiger partial charge in [-0.25, -0.2) is 18.4 Å². The largest absolute Gasteiger partial charge is 0.388 e. The second kappa shape index (κ2) is 9.03. The molecule has 0 aliphatic heterocycles. The molecule has 11 heteroatoms. The summed E-state index contributed by atoms with van der Waals surface area (Å²) in [5, 5.41) is 6.36. The molecule has 0 aliphatic carbocycles. The number of nitrogens with zero attached hydrogens (tertiary/aromatic N) is 3.